The molecule has 1 saturated heterocycles. The summed E-state index contributed by atoms with van der Waals surface area (Å²) in [6, 6.07) is 5.29. The number of amides is 1. The molecule has 5 nitrogen and oxygen atoms in total. The van der Waals surface area contributed by atoms with Gasteiger partial charge in [-0.05, 0) is 12.1 Å². The zero-order chi connectivity index (χ0) is 11.4. The number of methoxy groups -OCH3 is 1. The second-order valence-electron chi connectivity index (χ2n) is 3.73. The molecule has 1 aromatic heterocycles. The quantitative estimate of drug-likeness (QED) is 0.742. The summed E-state index contributed by atoms with van der Waals surface area (Å²) < 4.78 is 5.26. The minimum Gasteiger partial charge on any atom is -0.378 e. The van der Waals surface area contributed by atoms with Crippen LogP contribution in [0.15, 0.2) is 24.4 Å². The Hall–Kier alpha value is -1.46. The van der Waals surface area contributed by atoms with Crippen LogP contribution in [-0.4, -0.2) is 43.2 Å². The van der Waals surface area contributed by atoms with Crippen LogP contribution in [0.5, 0.6) is 0 Å². The second-order valence-corrected chi connectivity index (χ2v) is 3.73. The van der Waals surface area contributed by atoms with Gasteiger partial charge in [0.1, 0.15) is 5.69 Å². The highest BCUT2D eigenvalue weighted by Crippen LogP contribution is 2.04. The van der Waals surface area contributed by atoms with Crippen LogP contribution in [0.25, 0.3) is 0 Å². The molecule has 0 bridgehead atoms. The van der Waals surface area contributed by atoms with E-state index in [2.05, 4.69) is 15.6 Å². The molecule has 0 spiro atoms. The first-order valence-corrected chi connectivity index (χ1v) is 5.26. The molecule has 16 heavy (non-hydrogen) atoms. The largest absolute Gasteiger partial charge is 0.378 e. The van der Waals surface area contributed by atoms with Crippen LogP contribution in [-0.2, 0) is 4.74 Å². The molecule has 0 aliphatic carbocycles. The molecular formula is C11H15N3O2. The maximum absolute atomic E-state index is 11.8. The van der Waals surface area contributed by atoms with Gasteiger partial charge in [0, 0.05) is 26.4 Å². The number of hydrogen-bond acceptors (Lipinski definition) is 4. The van der Waals surface area contributed by atoms with E-state index in [1.807, 2.05) is 0 Å². The number of aromatic nitrogens is 1. The summed E-state index contributed by atoms with van der Waals surface area (Å²) in [7, 11) is 1.65. The SMILES string of the molecule is COC1CNCC1NC(=O)c1ccccn1. The predicted octanol–water partition coefficient (Wildman–Crippen LogP) is -0.202. The Bertz CT molecular complexity index is 356. The number of carbonyl (C=O) groups excluding carboxylic acids is 1. The van der Waals surface area contributed by atoms with Gasteiger partial charge in [0.15, 0.2) is 0 Å². The van der Waals surface area contributed by atoms with Gasteiger partial charge in [-0.15, -0.1) is 0 Å². The van der Waals surface area contributed by atoms with Crippen molar-refractivity contribution >= 4 is 5.91 Å². The molecule has 0 aromatic carbocycles. The van der Waals surface area contributed by atoms with E-state index in [-0.39, 0.29) is 18.1 Å². The summed E-state index contributed by atoms with van der Waals surface area (Å²) in [5.74, 6) is -0.156. The predicted molar refractivity (Wildman–Crippen MR) is 59.2 cm³/mol. The van der Waals surface area contributed by atoms with E-state index in [0.29, 0.717) is 5.69 Å². The van der Waals surface area contributed by atoms with E-state index in [9.17, 15) is 4.79 Å². The summed E-state index contributed by atoms with van der Waals surface area (Å²) in [6.45, 7) is 1.50. The number of pyridine rings is 1. The maximum Gasteiger partial charge on any atom is 0.270 e. The molecule has 0 saturated carbocycles. The molecule has 5 heteroatoms. The van der Waals surface area contributed by atoms with Crippen molar-refractivity contribution in [3.63, 3.8) is 0 Å². The van der Waals surface area contributed by atoms with Gasteiger partial charge in [-0.3, -0.25) is 9.78 Å². The first kappa shape index (κ1) is 11.0. The fraction of sp³-hybridized carbons (Fsp3) is 0.455. The first-order chi connectivity index (χ1) is 7.81. The first-order valence-electron chi connectivity index (χ1n) is 5.26. The Morgan fingerprint density at radius 1 is 1.56 bits per heavy atom. The Morgan fingerprint density at radius 2 is 2.44 bits per heavy atom. The van der Waals surface area contributed by atoms with Gasteiger partial charge >= 0.3 is 0 Å². The van der Waals surface area contributed by atoms with Gasteiger partial charge in [-0.25, -0.2) is 0 Å². The molecule has 2 unspecified atom stereocenters. The minimum absolute atomic E-state index is 0.0134. The standard InChI is InChI=1S/C11H15N3O2/c1-16-10-7-12-6-9(10)14-11(15)8-4-2-3-5-13-8/h2-5,9-10,12H,6-7H2,1H3,(H,14,15). The number of nitrogens with one attached hydrogen (secondary N) is 2. The zero-order valence-corrected chi connectivity index (χ0v) is 9.14. The van der Waals surface area contributed by atoms with Crippen molar-refractivity contribution in [3.05, 3.63) is 30.1 Å². The van der Waals surface area contributed by atoms with Crippen LogP contribution in [0.1, 0.15) is 10.5 Å². The van der Waals surface area contributed by atoms with Crippen molar-refractivity contribution in [1.29, 1.82) is 0 Å². The number of hydrogen-bond donors (Lipinski definition) is 2. The topological polar surface area (TPSA) is 63.2 Å². The Kier molecular flexibility index (Phi) is 3.48. The van der Waals surface area contributed by atoms with Crippen molar-refractivity contribution in [3.8, 4) is 0 Å². The normalized spacial score (nSPS) is 24.3. The van der Waals surface area contributed by atoms with Crippen molar-refractivity contribution < 1.29 is 9.53 Å². The highest BCUT2D eigenvalue weighted by atomic mass is 16.5. The summed E-state index contributed by atoms with van der Waals surface area (Å²) in [5.41, 5.74) is 0.434. The highest BCUT2D eigenvalue weighted by molar-refractivity contribution is 5.92. The van der Waals surface area contributed by atoms with Crippen LogP contribution in [0.4, 0.5) is 0 Å². The van der Waals surface area contributed by atoms with Crippen LogP contribution in [0.3, 0.4) is 0 Å². The van der Waals surface area contributed by atoms with Crippen molar-refractivity contribution in [2.24, 2.45) is 0 Å². The van der Waals surface area contributed by atoms with E-state index in [4.69, 9.17) is 4.74 Å². The van der Waals surface area contributed by atoms with Crippen LogP contribution in [0.2, 0.25) is 0 Å². The van der Waals surface area contributed by atoms with E-state index in [1.54, 1.807) is 31.5 Å². The lowest BCUT2D eigenvalue weighted by molar-refractivity contribution is 0.0776. The van der Waals surface area contributed by atoms with Gasteiger partial charge in [-0.2, -0.15) is 0 Å². The molecule has 2 heterocycles. The second kappa shape index (κ2) is 5.05. The molecule has 2 atom stereocenters. The van der Waals surface area contributed by atoms with E-state index < -0.39 is 0 Å². The van der Waals surface area contributed by atoms with Gasteiger partial charge in [0.05, 0.1) is 12.1 Å². The minimum atomic E-state index is -0.156. The lowest BCUT2D eigenvalue weighted by Gasteiger charge is -2.18. The lowest BCUT2D eigenvalue weighted by Crippen LogP contribution is -2.43. The smallest absolute Gasteiger partial charge is 0.270 e. The number of nitrogens with zero attached hydrogens (tertiary/aromatic N) is 1. The lowest BCUT2D eigenvalue weighted by atomic mass is 10.2. The van der Waals surface area contributed by atoms with Crippen molar-refractivity contribution in [1.82, 2.24) is 15.6 Å². The molecule has 1 amide bonds. The molecule has 2 N–H and O–H groups in total. The van der Waals surface area contributed by atoms with Gasteiger partial charge in [0.25, 0.3) is 5.91 Å². The fourth-order valence-electron chi connectivity index (χ4n) is 1.79. The molecule has 86 valence electrons. The highest BCUT2D eigenvalue weighted by Gasteiger charge is 2.28. The Labute approximate surface area is 94.2 Å². The average Bonchev–Trinajstić information content (AvgIpc) is 2.77. The average molecular weight is 221 g/mol. The van der Waals surface area contributed by atoms with E-state index >= 15 is 0 Å². The Morgan fingerprint density at radius 3 is 3.12 bits per heavy atom. The molecule has 1 aliphatic rings. The van der Waals surface area contributed by atoms with Gasteiger partial charge in [0.2, 0.25) is 0 Å². The molecule has 1 aliphatic heterocycles. The summed E-state index contributed by atoms with van der Waals surface area (Å²) in [6.07, 6.45) is 1.64. The third-order valence-electron chi connectivity index (χ3n) is 2.68. The maximum atomic E-state index is 11.8. The molecular weight excluding hydrogens is 206 g/mol. The van der Waals surface area contributed by atoms with Crippen LogP contribution >= 0.6 is 0 Å². The molecule has 1 aromatic rings. The van der Waals surface area contributed by atoms with Crippen LogP contribution in [0, 0.1) is 0 Å². The molecule has 2 rings (SSSR count). The third kappa shape index (κ3) is 2.37. The number of rotatable bonds is 3. The van der Waals surface area contributed by atoms with Gasteiger partial charge in [-0.1, -0.05) is 6.07 Å². The monoisotopic (exact) mass is 221 g/mol. The van der Waals surface area contributed by atoms with E-state index in [1.165, 1.54) is 0 Å². The number of carbonyl (C=O) groups is 1. The van der Waals surface area contributed by atoms with Crippen LogP contribution < -0.4 is 10.6 Å². The van der Waals surface area contributed by atoms with E-state index in [0.717, 1.165) is 13.1 Å². The summed E-state index contributed by atoms with van der Waals surface area (Å²) >= 11 is 0. The van der Waals surface area contributed by atoms with Crippen molar-refractivity contribution in [2.45, 2.75) is 12.1 Å². The third-order valence-corrected chi connectivity index (χ3v) is 2.68. The Balaban J connectivity index is 1.97. The van der Waals surface area contributed by atoms with Gasteiger partial charge < -0.3 is 15.4 Å². The number of ether oxygens (including phenoxy) is 1. The zero-order valence-electron chi connectivity index (χ0n) is 9.14. The molecule has 1 fully saturated rings. The summed E-state index contributed by atoms with van der Waals surface area (Å²) in [5, 5.41) is 6.08. The van der Waals surface area contributed by atoms with Crippen molar-refractivity contribution in [2.75, 3.05) is 20.2 Å². The fourth-order valence-corrected chi connectivity index (χ4v) is 1.79. The summed E-state index contributed by atoms with van der Waals surface area (Å²) in [4.78, 5) is 15.8. The molecule has 0 radical (unpaired) electrons.